The molecule has 0 fully saturated rings. The predicted molar refractivity (Wildman–Crippen MR) is 101 cm³/mol. The summed E-state index contributed by atoms with van der Waals surface area (Å²) in [6, 6.07) is 13.9. The minimum Gasteiger partial charge on any atom is -0.494 e. The fourth-order valence-electron chi connectivity index (χ4n) is 2.47. The summed E-state index contributed by atoms with van der Waals surface area (Å²) < 4.78 is 33.6. The van der Waals surface area contributed by atoms with E-state index in [9.17, 15) is 8.42 Å². The Morgan fingerprint density at radius 3 is 2.48 bits per heavy atom. The summed E-state index contributed by atoms with van der Waals surface area (Å²) in [6.07, 6.45) is 0. The first-order chi connectivity index (χ1) is 11.9. The van der Waals surface area contributed by atoms with Gasteiger partial charge in [0.1, 0.15) is 10.8 Å². The van der Waals surface area contributed by atoms with E-state index in [1.165, 1.54) is 15.6 Å². The number of nitrogens with zero attached hydrogens (tertiary/aromatic N) is 2. The molecular weight excluding hydrogens is 356 g/mol. The summed E-state index contributed by atoms with van der Waals surface area (Å²) >= 11 is 1.52. The second-order valence-electron chi connectivity index (χ2n) is 5.62. The van der Waals surface area contributed by atoms with E-state index in [2.05, 4.69) is 4.98 Å². The van der Waals surface area contributed by atoms with Crippen LogP contribution in [-0.2, 0) is 10.0 Å². The summed E-state index contributed by atoms with van der Waals surface area (Å²) in [6.45, 7) is 4.28. The van der Waals surface area contributed by atoms with E-state index in [0.717, 1.165) is 15.2 Å². The van der Waals surface area contributed by atoms with Crippen LogP contribution in [0.5, 0.6) is 5.75 Å². The van der Waals surface area contributed by atoms with Crippen molar-refractivity contribution in [2.45, 2.75) is 24.8 Å². The van der Waals surface area contributed by atoms with E-state index in [0.29, 0.717) is 12.4 Å². The molecule has 7 heteroatoms. The van der Waals surface area contributed by atoms with Gasteiger partial charge >= 0.3 is 0 Å². The Bertz CT molecular complexity index is 932. The molecule has 0 aliphatic heterocycles. The third-order valence-electron chi connectivity index (χ3n) is 4.02. The second kappa shape index (κ2) is 7.11. The van der Waals surface area contributed by atoms with Gasteiger partial charge in [0.05, 0.1) is 27.8 Å². The molecule has 25 heavy (non-hydrogen) atoms. The maximum Gasteiger partial charge on any atom is 0.243 e. The topological polar surface area (TPSA) is 59.5 Å². The first kappa shape index (κ1) is 17.8. The van der Waals surface area contributed by atoms with Crippen molar-refractivity contribution in [3.05, 3.63) is 53.5 Å². The molecule has 1 heterocycles. The normalized spacial score (nSPS) is 13.3. The fraction of sp³-hybridized carbons (Fsp3) is 0.278. The van der Waals surface area contributed by atoms with Gasteiger partial charge < -0.3 is 4.74 Å². The predicted octanol–water partition coefficient (Wildman–Crippen LogP) is 4.08. The monoisotopic (exact) mass is 376 g/mol. The van der Waals surface area contributed by atoms with Gasteiger partial charge in [0.2, 0.25) is 10.0 Å². The van der Waals surface area contributed by atoms with Crippen LogP contribution in [0.3, 0.4) is 0 Å². The largest absolute Gasteiger partial charge is 0.494 e. The molecule has 5 nitrogen and oxygen atoms in total. The van der Waals surface area contributed by atoms with Crippen LogP contribution < -0.4 is 4.74 Å². The molecule has 0 amide bonds. The smallest absolute Gasteiger partial charge is 0.243 e. The van der Waals surface area contributed by atoms with Crippen LogP contribution in [0.15, 0.2) is 53.4 Å². The van der Waals surface area contributed by atoms with Crippen LogP contribution in [-0.4, -0.2) is 31.4 Å². The molecular formula is C18H20N2O3S2. The van der Waals surface area contributed by atoms with Gasteiger partial charge in [-0.25, -0.2) is 13.4 Å². The number of aromatic nitrogens is 1. The lowest BCUT2D eigenvalue weighted by molar-refractivity contribution is 0.340. The van der Waals surface area contributed by atoms with Crippen molar-refractivity contribution in [1.29, 1.82) is 0 Å². The number of hydrogen-bond donors (Lipinski definition) is 0. The lowest BCUT2D eigenvalue weighted by Crippen LogP contribution is -2.29. The highest BCUT2D eigenvalue weighted by atomic mass is 32.2. The van der Waals surface area contributed by atoms with Crippen molar-refractivity contribution in [1.82, 2.24) is 9.29 Å². The van der Waals surface area contributed by atoms with Crippen molar-refractivity contribution in [3.63, 3.8) is 0 Å². The Labute approximate surface area is 151 Å². The number of hydrogen-bond acceptors (Lipinski definition) is 5. The van der Waals surface area contributed by atoms with E-state index in [-0.39, 0.29) is 10.9 Å². The molecule has 0 radical (unpaired) electrons. The van der Waals surface area contributed by atoms with Crippen LogP contribution in [0.4, 0.5) is 0 Å². The van der Waals surface area contributed by atoms with Gasteiger partial charge in [0.15, 0.2) is 0 Å². The summed E-state index contributed by atoms with van der Waals surface area (Å²) in [5.74, 6) is 0.656. The molecule has 0 spiro atoms. The zero-order valence-electron chi connectivity index (χ0n) is 14.3. The molecule has 0 N–H and O–H groups in total. The Morgan fingerprint density at radius 2 is 1.84 bits per heavy atom. The number of para-hydroxylation sites is 1. The molecule has 0 aliphatic carbocycles. The Hall–Kier alpha value is -1.96. The minimum absolute atomic E-state index is 0.242. The maximum atomic E-state index is 12.9. The maximum absolute atomic E-state index is 12.9. The first-order valence-electron chi connectivity index (χ1n) is 8.00. The zero-order valence-corrected chi connectivity index (χ0v) is 16.0. The molecule has 0 saturated carbocycles. The van der Waals surface area contributed by atoms with Gasteiger partial charge in [-0.3, -0.25) is 0 Å². The Morgan fingerprint density at radius 1 is 1.16 bits per heavy atom. The number of thiazole rings is 1. The van der Waals surface area contributed by atoms with E-state index in [4.69, 9.17) is 4.74 Å². The molecule has 2 aromatic carbocycles. The second-order valence-corrected chi connectivity index (χ2v) is 8.68. The summed E-state index contributed by atoms with van der Waals surface area (Å²) in [4.78, 5) is 4.81. The van der Waals surface area contributed by atoms with Crippen LogP contribution >= 0.6 is 11.3 Å². The molecule has 0 aliphatic rings. The van der Waals surface area contributed by atoms with E-state index in [1.54, 1.807) is 31.3 Å². The van der Waals surface area contributed by atoms with Gasteiger partial charge in [0.25, 0.3) is 0 Å². The van der Waals surface area contributed by atoms with Gasteiger partial charge in [-0.1, -0.05) is 12.1 Å². The quantitative estimate of drug-likeness (QED) is 0.650. The SMILES string of the molecule is CCOc1ccc(S(=O)(=O)N(C)[C@H](C)c2nc3ccccc3s2)cc1. The highest BCUT2D eigenvalue weighted by molar-refractivity contribution is 7.89. The van der Waals surface area contributed by atoms with Crippen molar-refractivity contribution >= 4 is 31.6 Å². The molecule has 0 bridgehead atoms. The summed E-state index contributed by atoms with van der Waals surface area (Å²) in [5, 5.41) is 0.776. The van der Waals surface area contributed by atoms with Crippen LogP contribution in [0.1, 0.15) is 24.9 Å². The molecule has 3 aromatic rings. The molecule has 1 aromatic heterocycles. The van der Waals surface area contributed by atoms with E-state index in [1.807, 2.05) is 38.1 Å². The number of sulfonamides is 1. The third-order valence-corrected chi connectivity index (χ3v) is 7.17. The van der Waals surface area contributed by atoms with Gasteiger partial charge in [-0.15, -0.1) is 11.3 Å². The lowest BCUT2D eigenvalue weighted by atomic mass is 10.3. The van der Waals surface area contributed by atoms with Gasteiger partial charge in [-0.2, -0.15) is 4.31 Å². The molecule has 132 valence electrons. The number of benzene rings is 2. The van der Waals surface area contributed by atoms with Crippen LogP contribution in [0, 0.1) is 0 Å². The number of fused-ring (bicyclic) bond motifs is 1. The zero-order chi connectivity index (χ0) is 18.0. The fourth-order valence-corrected chi connectivity index (χ4v) is 4.93. The van der Waals surface area contributed by atoms with Gasteiger partial charge in [0, 0.05) is 7.05 Å². The lowest BCUT2D eigenvalue weighted by Gasteiger charge is -2.22. The molecule has 3 rings (SSSR count). The third kappa shape index (κ3) is 3.53. The van der Waals surface area contributed by atoms with Crippen molar-refractivity contribution in [2.24, 2.45) is 0 Å². The van der Waals surface area contributed by atoms with Crippen molar-refractivity contribution in [2.75, 3.05) is 13.7 Å². The highest BCUT2D eigenvalue weighted by Gasteiger charge is 2.28. The molecule has 1 atom stereocenters. The average Bonchev–Trinajstić information content (AvgIpc) is 3.05. The minimum atomic E-state index is -3.61. The standard InChI is InChI=1S/C18H20N2O3S2/c1-4-23-14-9-11-15(12-10-14)25(21,22)20(3)13(2)18-19-16-7-5-6-8-17(16)24-18/h5-13H,4H2,1-3H3/t13-/m1/s1. The van der Waals surface area contributed by atoms with Crippen molar-refractivity contribution < 1.29 is 13.2 Å². The molecule has 0 saturated heterocycles. The number of ether oxygens (including phenoxy) is 1. The van der Waals surface area contributed by atoms with Gasteiger partial charge in [-0.05, 0) is 50.2 Å². The van der Waals surface area contributed by atoms with E-state index >= 15 is 0 Å². The Balaban J connectivity index is 1.87. The van der Waals surface area contributed by atoms with Crippen LogP contribution in [0.2, 0.25) is 0 Å². The van der Waals surface area contributed by atoms with E-state index < -0.39 is 10.0 Å². The summed E-state index contributed by atoms with van der Waals surface area (Å²) in [7, 11) is -2.03. The average molecular weight is 377 g/mol. The molecule has 0 unspecified atom stereocenters. The Kier molecular flexibility index (Phi) is 5.08. The number of rotatable bonds is 6. The first-order valence-corrected chi connectivity index (χ1v) is 10.3. The van der Waals surface area contributed by atoms with Crippen molar-refractivity contribution in [3.8, 4) is 5.75 Å². The summed E-state index contributed by atoms with van der Waals surface area (Å²) in [5.41, 5.74) is 0.890. The van der Waals surface area contributed by atoms with Crippen LogP contribution in [0.25, 0.3) is 10.2 Å². The highest BCUT2D eigenvalue weighted by Crippen LogP contribution is 2.31.